The van der Waals surface area contributed by atoms with Gasteiger partial charge in [0.05, 0.1) is 19.3 Å². The molecular weight excluding hydrogens is 516 g/mol. The van der Waals surface area contributed by atoms with E-state index in [0.29, 0.717) is 31.7 Å². The number of fused-ring (bicyclic) bond motifs is 1. The van der Waals surface area contributed by atoms with Crippen LogP contribution in [0.4, 0.5) is 17.6 Å². The summed E-state index contributed by atoms with van der Waals surface area (Å²) in [4.78, 5) is 24.0. The predicted octanol–water partition coefficient (Wildman–Crippen LogP) is 4.89. The van der Waals surface area contributed by atoms with E-state index in [1.54, 1.807) is 18.2 Å². The van der Waals surface area contributed by atoms with Gasteiger partial charge >= 0.3 is 12.1 Å². The molecule has 0 spiro atoms. The van der Waals surface area contributed by atoms with Crippen LogP contribution in [0.5, 0.6) is 0 Å². The van der Waals surface area contributed by atoms with Crippen LogP contribution < -0.4 is 5.73 Å². The van der Waals surface area contributed by atoms with Crippen molar-refractivity contribution in [2.75, 3.05) is 6.61 Å². The SMILES string of the molecule is N[C@@H](CC(=O)N1Cc2ccccc2CC1COCc1ccccc1)Cc1ccccc1F.O=C(O)C(F)(F)F. The predicted molar refractivity (Wildman–Crippen MR) is 137 cm³/mol. The van der Waals surface area contributed by atoms with Crippen LogP contribution in [0.3, 0.4) is 0 Å². The van der Waals surface area contributed by atoms with Crippen LogP contribution in [-0.2, 0) is 40.3 Å². The molecule has 208 valence electrons. The van der Waals surface area contributed by atoms with E-state index in [-0.39, 0.29) is 24.2 Å². The highest BCUT2D eigenvalue weighted by Crippen LogP contribution is 2.25. The molecule has 3 aromatic carbocycles. The summed E-state index contributed by atoms with van der Waals surface area (Å²) in [7, 11) is 0. The summed E-state index contributed by atoms with van der Waals surface area (Å²) in [5.41, 5.74) is 10.3. The summed E-state index contributed by atoms with van der Waals surface area (Å²) in [5.74, 6) is -3.06. The Labute approximate surface area is 224 Å². The summed E-state index contributed by atoms with van der Waals surface area (Å²) in [6, 6.07) is 24.3. The van der Waals surface area contributed by atoms with Crippen molar-refractivity contribution in [2.24, 2.45) is 5.73 Å². The van der Waals surface area contributed by atoms with Crippen molar-refractivity contribution in [3.05, 3.63) is 107 Å². The summed E-state index contributed by atoms with van der Waals surface area (Å²) in [6.07, 6.45) is -3.83. The molecule has 1 heterocycles. The van der Waals surface area contributed by atoms with E-state index in [1.807, 2.05) is 47.4 Å². The minimum Gasteiger partial charge on any atom is -0.475 e. The molecule has 3 aromatic rings. The summed E-state index contributed by atoms with van der Waals surface area (Å²) < 4.78 is 51.7. The Bertz CT molecular complexity index is 1240. The van der Waals surface area contributed by atoms with Gasteiger partial charge in [0.25, 0.3) is 0 Å². The maximum Gasteiger partial charge on any atom is 0.490 e. The standard InChI is InChI=1S/C27H29FN2O2.C2HF3O2/c28-26-13-7-6-11-22(26)14-24(29)16-27(31)30-17-23-12-5-4-10-21(23)15-25(30)19-32-18-20-8-2-1-3-9-20;3-2(4,5)1(6)7/h1-13,24-25H,14-19,29H2;(H,6,7)/t24-,25?;/m1./s1. The lowest BCUT2D eigenvalue weighted by Crippen LogP contribution is -2.48. The second kappa shape index (κ2) is 13.9. The summed E-state index contributed by atoms with van der Waals surface area (Å²) in [6.45, 7) is 1.51. The number of amides is 1. The van der Waals surface area contributed by atoms with Gasteiger partial charge in [-0.2, -0.15) is 13.2 Å². The zero-order valence-corrected chi connectivity index (χ0v) is 21.1. The summed E-state index contributed by atoms with van der Waals surface area (Å²) in [5, 5.41) is 7.12. The maximum absolute atomic E-state index is 14.0. The van der Waals surface area contributed by atoms with E-state index < -0.39 is 18.2 Å². The van der Waals surface area contributed by atoms with Crippen molar-refractivity contribution >= 4 is 11.9 Å². The van der Waals surface area contributed by atoms with E-state index >= 15 is 0 Å². The van der Waals surface area contributed by atoms with E-state index in [4.69, 9.17) is 20.4 Å². The molecule has 10 heteroatoms. The van der Waals surface area contributed by atoms with Crippen LogP contribution in [-0.4, -0.2) is 46.7 Å². The molecule has 0 aliphatic carbocycles. The van der Waals surface area contributed by atoms with Crippen LogP contribution in [0.2, 0.25) is 0 Å². The lowest BCUT2D eigenvalue weighted by molar-refractivity contribution is -0.192. The third-order valence-corrected chi connectivity index (χ3v) is 6.22. The van der Waals surface area contributed by atoms with Gasteiger partial charge in [-0.05, 0) is 41.2 Å². The van der Waals surface area contributed by atoms with Crippen molar-refractivity contribution in [1.29, 1.82) is 0 Å². The molecule has 1 aliphatic rings. The van der Waals surface area contributed by atoms with Crippen LogP contribution >= 0.6 is 0 Å². The normalized spacial score (nSPS) is 15.5. The molecule has 39 heavy (non-hydrogen) atoms. The highest BCUT2D eigenvalue weighted by molar-refractivity contribution is 5.77. The van der Waals surface area contributed by atoms with Gasteiger partial charge in [0, 0.05) is 19.0 Å². The number of nitrogens with zero attached hydrogens (tertiary/aromatic N) is 1. The number of hydrogen-bond donors (Lipinski definition) is 2. The Balaban J connectivity index is 0.000000532. The average Bonchev–Trinajstić information content (AvgIpc) is 2.90. The smallest absolute Gasteiger partial charge is 0.475 e. The second-order valence-corrected chi connectivity index (χ2v) is 9.21. The topological polar surface area (TPSA) is 92.9 Å². The van der Waals surface area contributed by atoms with Crippen molar-refractivity contribution in [1.82, 2.24) is 4.90 Å². The molecule has 0 radical (unpaired) electrons. The zero-order valence-electron chi connectivity index (χ0n) is 21.1. The van der Waals surface area contributed by atoms with Crippen molar-refractivity contribution in [3.8, 4) is 0 Å². The Morgan fingerprint density at radius 3 is 2.21 bits per heavy atom. The van der Waals surface area contributed by atoms with Gasteiger partial charge in [-0.15, -0.1) is 0 Å². The minimum atomic E-state index is -5.08. The lowest BCUT2D eigenvalue weighted by Gasteiger charge is -2.37. The lowest BCUT2D eigenvalue weighted by atomic mass is 9.93. The number of carbonyl (C=O) groups is 2. The fourth-order valence-corrected chi connectivity index (χ4v) is 4.28. The van der Waals surface area contributed by atoms with Gasteiger partial charge < -0.3 is 20.5 Å². The third kappa shape index (κ3) is 9.19. The number of alkyl halides is 3. The van der Waals surface area contributed by atoms with Gasteiger partial charge in [-0.3, -0.25) is 4.79 Å². The van der Waals surface area contributed by atoms with Crippen LogP contribution in [0, 0.1) is 5.82 Å². The molecular formula is C29H30F4N2O4. The Kier molecular flexibility index (Phi) is 10.6. The first-order valence-electron chi connectivity index (χ1n) is 12.3. The second-order valence-electron chi connectivity index (χ2n) is 9.21. The fourth-order valence-electron chi connectivity index (χ4n) is 4.28. The third-order valence-electron chi connectivity index (χ3n) is 6.22. The minimum absolute atomic E-state index is 0.0170. The summed E-state index contributed by atoms with van der Waals surface area (Å²) >= 11 is 0. The average molecular weight is 547 g/mol. The van der Waals surface area contributed by atoms with Crippen molar-refractivity contribution < 1.29 is 37.0 Å². The number of halogens is 4. The monoisotopic (exact) mass is 546 g/mol. The number of carboxylic acid groups (broad SMARTS) is 1. The largest absolute Gasteiger partial charge is 0.490 e. The van der Waals surface area contributed by atoms with E-state index in [1.165, 1.54) is 11.6 Å². The number of carboxylic acids is 1. The first-order valence-corrected chi connectivity index (χ1v) is 12.3. The highest BCUT2D eigenvalue weighted by atomic mass is 19.4. The van der Waals surface area contributed by atoms with Gasteiger partial charge in [0.2, 0.25) is 5.91 Å². The molecule has 0 fully saturated rings. The van der Waals surface area contributed by atoms with Gasteiger partial charge in [-0.1, -0.05) is 72.8 Å². The molecule has 0 saturated heterocycles. The number of carbonyl (C=O) groups excluding carboxylic acids is 1. The quantitative estimate of drug-likeness (QED) is 0.393. The van der Waals surface area contributed by atoms with E-state index in [0.717, 1.165) is 17.5 Å². The molecule has 0 aromatic heterocycles. The molecule has 2 atom stereocenters. The molecule has 4 rings (SSSR count). The van der Waals surface area contributed by atoms with E-state index in [2.05, 4.69) is 12.1 Å². The first kappa shape index (κ1) is 29.8. The van der Waals surface area contributed by atoms with Crippen molar-refractivity contribution in [3.63, 3.8) is 0 Å². The van der Waals surface area contributed by atoms with Crippen molar-refractivity contribution in [2.45, 2.75) is 50.7 Å². The zero-order chi connectivity index (χ0) is 28.4. The van der Waals surface area contributed by atoms with Crippen LogP contribution in [0.25, 0.3) is 0 Å². The number of ether oxygens (including phenoxy) is 1. The van der Waals surface area contributed by atoms with Gasteiger partial charge in [0.15, 0.2) is 0 Å². The number of aliphatic carboxylic acids is 1. The molecule has 0 bridgehead atoms. The van der Waals surface area contributed by atoms with E-state index in [9.17, 15) is 22.4 Å². The number of nitrogens with two attached hydrogens (primary N) is 1. The first-order chi connectivity index (χ1) is 18.5. The molecule has 1 amide bonds. The molecule has 1 aliphatic heterocycles. The molecule has 1 unspecified atom stereocenters. The van der Waals surface area contributed by atoms with Crippen LogP contribution in [0.15, 0.2) is 78.9 Å². The Morgan fingerprint density at radius 1 is 0.974 bits per heavy atom. The van der Waals surface area contributed by atoms with Gasteiger partial charge in [0.1, 0.15) is 5.82 Å². The fraction of sp³-hybridized carbons (Fsp3) is 0.310. The Morgan fingerprint density at radius 2 is 1.56 bits per heavy atom. The molecule has 6 nitrogen and oxygen atoms in total. The van der Waals surface area contributed by atoms with Crippen LogP contribution in [0.1, 0.15) is 28.7 Å². The van der Waals surface area contributed by atoms with Gasteiger partial charge in [-0.25, -0.2) is 9.18 Å². The number of rotatable bonds is 8. The number of hydrogen-bond acceptors (Lipinski definition) is 4. The molecule has 3 N–H and O–H groups in total. The highest BCUT2D eigenvalue weighted by Gasteiger charge is 2.38. The Hall–Kier alpha value is -3.76. The number of benzene rings is 3. The maximum atomic E-state index is 14.0. The molecule has 0 saturated carbocycles.